The van der Waals surface area contributed by atoms with Crippen molar-refractivity contribution < 1.29 is 21.6 Å². The van der Waals surface area contributed by atoms with Crippen molar-refractivity contribution in [1.82, 2.24) is 4.90 Å². The van der Waals surface area contributed by atoms with E-state index in [1.807, 2.05) is 0 Å². The number of rotatable bonds is 6. The molecule has 0 bridgehead atoms. The second-order valence-corrected chi connectivity index (χ2v) is 8.25. The van der Waals surface area contributed by atoms with Crippen molar-refractivity contribution in [2.45, 2.75) is 31.7 Å². The van der Waals surface area contributed by atoms with Gasteiger partial charge in [-0.3, -0.25) is 4.90 Å². The van der Waals surface area contributed by atoms with Crippen LogP contribution in [0.5, 0.6) is 0 Å². The number of hydrogen-bond donors (Lipinski definition) is 0. The summed E-state index contributed by atoms with van der Waals surface area (Å²) in [6.45, 7) is 3.29. The van der Waals surface area contributed by atoms with E-state index in [2.05, 4.69) is 0 Å². The molecule has 0 spiro atoms. The molecule has 0 aliphatic heterocycles. The molecule has 0 aromatic rings. The van der Waals surface area contributed by atoms with Crippen molar-refractivity contribution >= 4 is 21.4 Å². The molecule has 0 aromatic heterocycles. The molecule has 0 aliphatic rings. The van der Waals surface area contributed by atoms with Crippen molar-refractivity contribution in [3.05, 3.63) is 0 Å². The molecule has 0 aromatic carbocycles. The third-order valence-electron chi connectivity index (χ3n) is 2.41. The number of sulfone groups is 1. The fourth-order valence-electron chi connectivity index (χ4n) is 1.20. The first-order valence-electron chi connectivity index (χ1n) is 5.46. The van der Waals surface area contributed by atoms with Crippen LogP contribution in [-0.2, 0) is 9.84 Å². The minimum Gasteiger partial charge on any atom is -0.293 e. The van der Waals surface area contributed by atoms with E-state index in [-0.39, 0.29) is 24.7 Å². The Morgan fingerprint density at radius 3 is 1.94 bits per heavy atom. The maximum absolute atomic E-state index is 12.2. The van der Waals surface area contributed by atoms with E-state index in [0.29, 0.717) is 0 Å². The van der Waals surface area contributed by atoms with E-state index in [1.54, 1.807) is 0 Å². The molecule has 0 radical (unpaired) electrons. The summed E-state index contributed by atoms with van der Waals surface area (Å²) in [6.07, 6.45) is -4.35. The van der Waals surface area contributed by atoms with Crippen LogP contribution in [0, 0.1) is 0 Å². The van der Waals surface area contributed by atoms with Gasteiger partial charge < -0.3 is 0 Å². The highest BCUT2D eigenvalue weighted by Crippen LogP contribution is 2.19. The molecule has 18 heavy (non-hydrogen) atoms. The maximum Gasteiger partial charge on any atom is 0.401 e. The highest BCUT2D eigenvalue weighted by molar-refractivity contribution is 7.92. The van der Waals surface area contributed by atoms with Gasteiger partial charge in [-0.1, -0.05) is 0 Å². The van der Waals surface area contributed by atoms with Gasteiger partial charge in [-0.15, -0.1) is 11.6 Å². The van der Waals surface area contributed by atoms with Crippen molar-refractivity contribution in [1.29, 1.82) is 0 Å². The summed E-state index contributed by atoms with van der Waals surface area (Å²) in [4.78, 5) is 1.01. The van der Waals surface area contributed by atoms with Crippen LogP contribution in [0.1, 0.15) is 20.8 Å². The van der Waals surface area contributed by atoms with Crippen LogP contribution in [0.2, 0.25) is 0 Å². The van der Waals surface area contributed by atoms with Crippen LogP contribution in [-0.4, -0.2) is 55.5 Å². The zero-order valence-corrected chi connectivity index (χ0v) is 12.3. The average Bonchev–Trinajstić information content (AvgIpc) is 2.10. The van der Waals surface area contributed by atoms with Crippen molar-refractivity contribution in [2.24, 2.45) is 0 Å². The molecule has 110 valence electrons. The Kier molecular flexibility index (Phi) is 6.43. The van der Waals surface area contributed by atoms with E-state index in [4.69, 9.17) is 11.6 Å². The Morgan fingerprint density at radius 1 is 1.11 bits per heavy atom. The predicted octanol–water partition coefficient (Wildman–Crippen LogP) is 2.30. The average molecular weight is 310 g/mol. The Balaban J connectivity index is 4.55. The number of alkyl halides is 4. The second kappa shape index (κ2) is 6.43. The minimum absolute atomic E-state index is 0.0146. The number of hydrogen-bond acceptors (Lipinski definition) is 3. The number of halogens is 4. The van der Waals surface area contributed by atoms with Gasteiger partial charge in [0.25, 0.3) is 0 Å². The summed E-state index contributed by atoms with van der Waals surface area (Å²) < 4.78 is 59.4. The van der Waals surface area contributed by atoms with Gasteiger partial charge in [-0.25, -0.2) is 8.42 Å². The Bertz CT molecular complexity index is 349. The number of nitrogens with zero attached hydrogens (tertiary/aromatic N) is 1. The van der Waals surface area contributed by atoms with Crippen LogP contribution in [0.15, 0.2) is 0 Å². The van der Waals surface area contributed by atoms with Crippen LogP contribution in [0.3, 0.4) is 0 Å². The molecule has 0 fully saturated rings. The molecule has 3 nitrogen and oxygen atoms in total. The Hall–Kier alpha value is -0.0100. The Labute approximate surface area is 111 Å². The zero-order chi connectivity index (χ0) is 14.6. The molecule has 0 unspecified atom stereocenters. The lowest BCUT2D eigenvalue weighted by atomic mass is 10.3. The molecule has 0 rings (SSSR count). The first-order valence-corrected chi connectivity index (χ1v) is 7.65. The monoisotopic (exact) mass is 309 g/mol. The van der Waals surface area contributed by atoms with Crippen molar-refractivity contribution in [3.8, 4) is 0 Å². The van der Waals surface area contributed by atoms with Gasteiger partial charge in [0.2, 0.25) is 0 Å². The van der Waals surface area contributed by atoms with Gasteiger partial charge in [0.1, 0.15) is 0 Å². The highest BCUT2D eigenvalue weighted by Gasteiger charge is 2.33. The van der Waals surface area contributed by atoms with Crippen LogP contribution in [0.25, 0.3) is 0 Å². The molecular formula is C10H19ClF3NO2S. The summed E-state index contributed by atoms with van der Waals surface area (Å²) >= 11 is 5.41. The molecule has 0 aliphatic carbocycles. The largest absolute Gasteiger partial charge is 0.401 e. The summed E-state index contributed by atoms with van der Waals surface area (Å²) in [5.74, 6) is -0.269. The van der Waals surface area contributed by atoms with Gasteiger partial charge >= 0.3 is 6.18 Å². The molecule has 0 saturated carbocycles. The molecular weight excluding hydrogens is 291 g/mol. The van der Waals surface area contributed by atoms with Crippen LogP contribution >= 0.6 is 11.6 Å². The normalized spacial score (nSPS) is 14.2. The SMILES string of the molecule is CC(C)(C)S(=O)(=O)CCN(CCCl)CC(F)(F)F. The quantitative estimate of drug-likeness (QED) is 0.707. The lowest BCUT2D eigenvalue weighted by Crippen LogP contribution is -2.41. The van der Waals surface area contributed by atoms with E-state index in [9.17, 15) is 21.6 Å². The standard InChI is InChI=1S/C10H19ClF3NO2S/c1-9(2,3)18(16,17)7-6-15(5-4-11)8-10(12,13)14/h4-8H2,1-3H3. The fourth-order valence-corrected chi connectivity index (χ4v) is 2.55. The minimum atomic E-state index is -4.35. The highest BCUT2D eigenvalue weighted by atomic mass is 35.5. The molecule has 0 atom stereocenters. The van der Waals surface area contributed by atoms with E-state index < -0.39 is 27.3 Å². The lowest BCUT2D eigenvalue weighted by molar-refractivity contribution is -0.144. The van der Waals surface area contributed by atoms with Gasteiger partial charge in [-0.05, 0) is 20.8 Å². The zero-order valence-electron chi connectivity index (χ0n) is 10.7. The molecule has 0 N–H and O–H groups in total. The van der Waals surface area contributed by atoms with Gasteiger partial charge in [0, 0.05) is 19.0 Å². The van der Waals surface area contributed by atoms with Crippen molar-refractivity contribution in [2.75, 3.05) is 31.3 Å². The first-order chi connectivity index (χ1) is 7.89. The van der Waals surface area contributed by atoms with Crippen LogP contribution < -0.4 is 0 Å². The third kappa shape index (κ3) is 6.80. The lowest BCUT2D eigenvalue weighted by Gasteiger charge is -2.25. The smallest absolute Gasteiger partial charge is 0.293 e. The van der Waals surface area contributed by atoms with Crippen molar-refractivity contribution in [3.63, 3.8) is 0 Å². The summed E-state index contributed by atoms with van der Waals surface area (Å²) in [5, 5.41) is 0. The van der Waals surface area contributed by atoms with E-state index >= 15 is 0 Å². The molecule has 8 heteroatoms. The van der Waals surface area contributed by atoms with E-state index in [1.165, 1.54) is 20.8 Å². The predicted molar refractivity (Wildman–Crippen MR) is 66.8 cm³/mol. The maximum atomic E-state index is 12.2. The van der Waals surface area contributed by atoms with Gasteiger partial charge in [0.05, 0.1) is 17.0 Å². The summed E-state index contributed by atoms with van der Waals surface area (Å²) in [7, 11) is -3.42. The second-order valence-electron chi connectivity index (χ2n) is 5.01. The van der Waals surface area contributed by atoms with Gasteiger partial charge in [0.15, 0.2) is 9.84 Å². The van der Waals surface area contributed by atoms with Crippen LogP contribution in [0.4, 0.5) is 13.2 Å². The van der Waals surface area contributed by atoms with Gasteiger partial charge in [-0.2, -0.15) is 13.2 Å². The third-order valence-corrected chi connectivity index (χ3v) is 5.17. The Morgan fingerprint density at radius 2 is 1.61 bits per heavy atom. The molecule has 0 heterocycles. The molecule has 0 saturated heterocycles. The summed E-state index contributed by atoms with van der Waals surface area (Å²) in [5.41, 5.74) is 0. The molecule has 0 amide bonds. The van der Waals surface area contributed by atoms with E-state index in [0.717, 1.165) is 4.90 Å². The first kappa shape index (κ1) is 18.0. The summed E-state index contributed by atoms with van der Waals surface area (Å²) in [6, 6.07) is 0. The topological polar surface area (TPSA) is 37.4 Å². The fraction of sp³-hybridized carbons (Fsp3) is 1.00.